The van der Waals surface area contributed by atoms with Crippen LogP contribution in [-0.2, 0) is 4.79 Å². The van der Waals surface area contributed by atoms with Crippen LogP contribution >= 0.6 is 22.9 Å². The maximum atomic E-state index is 11.6. The van der Waals surface area contributed by atoms with Crippen LogP contribution in [0.1, 0.15) is 9.75 Å². The first-order valence-electron chi connectivity index (χ1n) is 6.02. The Kier molecular flexibility index (Phi) is 5.15. The van der Waals surface area contributed by atoms with Gasteiger partial charge in [-0.25, -0.2) is 5.43 Å². The maximum absolute atomic E-state index is 11.6. The number of aryl methyl sites for hydroxylation is 1. The van der Waals surface area contributed by atoms with Crippen molar-refractivity contribution in [1.82, 2.24) is 5.43 Å². The van der Waals surface area contributed by atoms with E-state index in [1.165, 1.54) is 4.88 Å². The summed E-state index contributed by atoms with van der Waals surface area (Å²) in [7, 11) is 0. The molecule has 0 atom stereocenters. The summed E-state index contributed by atoms with van der Waals surface area (Å²) < 4.78 is 0. The number of hydrogen-bond acceptors (Lipinski definition) is 4. The number of nitrogens with one attached hydrogen (secondary N) is 2. The fourth-order valence-electron chi connectivity index (χ4n) is 1.51. The molecule has 2 N–H and O–H groups in total. The number of rotatable bonds is 5. The van der Waals surface area contributed by atoms with E-state index in [2.05, 4.69) is 15.8 Å². The molecule has 0 fully saturated rings. The SMILES string of the molecule is Cc1ccc(C=NNC(=O)CNc2ccccc2Cl)s1. The Morgan fingerprint density at radius 2 is 2.15 bits per heavy atom. The Morgan fingerprint density at radius 3 is 2.85 bits per heavy atom. The number of hydrogen-bond donors (Lipinski definition) is 2. The van der Waals surface area contributed by atoms with Gasteiger partial charge in [0.15, 0.2) is 0 Å². The van der Waals surface area contributed by atoms with Crippen molar-refractivity contribution in [3.05, 3.63) is 51.2 Å². The predicted octanol–water partition coefficient (Wildman–Crippen LogP) is 3.27. The lowest BCUT2D eigenvalue weighted by atomic mass is 10.3. The minimum absolute atomic E-state index is 0.116. The van der Waals surface area contributed by atoms with E-state index in [0.29, 0.717) is 5.02 Å². The third-order valence-electron chi connectivity index (χ3n) is 2.46. The Bertz CT molecular complexity index is 624. The summed E-state index contributed by atoms with van der Waals surface area (Å²) in [6, 6.07) is 11.2. The third-order valence-corrected chi connectivity index (χ3v) is 3.72. The van der Waals surface area contributed by atoms with Crippen molar-refractivity contribution in [3.63, 3.8) is 0 Å². The second kappa shape index (κ2) is 7.07. The van der Waals surface area contributed by atoms with E-state index in [4.69, 9.17) is 11.6 Å². The molecule has 1 aromatic heterocycles. The first-order valence-corrected chi connectivity index (χ1v) is 7.21. The van der Waals surface area contributed by atoms with E-state index in [0.717, 1.165) is 10.6 Å². The molecule has 0 aliphatic heterocycles. The normalized spacial score (nSPS) is 10.7. The van der Waals surface area contributed by atoms with E-state index >= 15 is 0 Å². The largest absolute Gasteiger partial charge is 0.375 e. The van der Waals surface area contributed by atoms with Gasteiger partial charge in [0.05, 0.1) is 23.5 Å². The molecule has 4 nitrogen and oxygen atoms in total. The Labute approximate surface area is 126 Å². The minimum Gasteiger partial charge on any atom is -0.375 e. The maximum Gasteiger partial charge on any atom is 0.259 e. The number of halogens is 1. The molecule has 1 heterocycles. The zero-order chi connectivity index (χ0) is 14.4. The molecule has 1 amide bonds. The number of carbonyl (C=O) groups is 1. The van der Waals surface area contributed by atoms with Crippen molar-refractivity contribution in [1.29, 1.82) is 0 Å². The van der Waals surface area contributed by atoms with Gasteiger partial charge in [-0.3, -0.25) is 4.79 Å². The zero-order valence-electron chi connectivity index (χ0n) is 10.9. The van der Waals surface area contributed by atoms with Crippen LogP contribution in [-0.4, -0.2) is 18.7 Å². The molecule has 0 aliphatic carbocycles. The number of hydrazone groups is 1. The molecule has 104 valence electrons. The van der Waals surface area contributed by atoms with Crippen LogP contribution in [0.4, 0.5) is 5.69 Å². The fourth-order valence-corrected chi connectivity index (χ4v) is 2.46. The van der Waals surface area contributed by atoms with Crippen molar-refractivity contribution in [2.75, 3.05) is 11.9 Å². The molecule has 2 rings (SSSR count). The van der Waals surface area contributed by atoms with Crippen molar-refractivity contribution in [2.24, 2.45) is 5.10 Å². The fraction of sp³-hybridized carbons (Fsp3) is 0.143. The van der Waals surface area contributed by atoms with Gasteiger partial charge in [0, 0.05) is 9.75 Å². The highest BCUT2D eigenvalue weighted by atomic mass is 35.5. The van der Waals surface area contributed by atoms with Gasteiger partial charge in [-0.2, -0.15) is 5.10 Å². The third kappa shape index (κ3) is 4.36. The summed E-state index contributed by atoms with van der Waals surface area (Å²) in [5, 5.41) is 7.43. The van der Waals surface area contributed by atoms with E-state index in [9.17, 15) is 4.79 Å². The summed E-state index contributed by atoms with van der Waals surface area (Å²) in [6.07, 6.45) is 1.63. The second-order valence-corrected chi connectivity index (χ2v) is 5.80. The van der Waals surface area contributed by atoms with Crippen molar-refractivity contribution >= 4 is 40.7 Å². The number of anilines is 1. The van der Waals surface area contributed by atoms with Crippen LogP contribution in [0.15, 0.2) is 41.5 Å². The van der Waals surface area contributed by atoms with E-state index in [1.807, 2.05) is 37.3 Å². The van der Waals surface area contributed by atoms with Gasteiger partial charge in [-0.1, -0.05) is 23.7 Å². The van der Waals surface area contributed by atoms with Gasteiger partial charge < -0.3 is 5.32 Å². The lowest BCUT2D eigenvalue weighted by Crippen LogP contribution is -2.25. The molecule has 20 heavy (non-hydrogen) atoms. The van der Waals surface area contributed by atoms with Crippen LogP contribution in [0.5, 0.6) is 0 Å². The average molecular weight is 308 g/mol. The summed E-state index contributed by atoms with van der Waals surface area (Å²) in [6.45, 7) is 2.14. The molecule has 0 radical (unpaired) electrons. The molecule has 0 unspecified atom stereocenters. The predicted molar refractivity (Wildman–Crippen MR) is 84.7 cm³/mol. The standard InChI is InChI=1S/C14H14ClN3OS/c1-10-6-7-11(20-10)8-17-18-14(19)9-16-13-5-3-2-4-12(13)15/h2-8,16H,9H2,1H3,(H,18,19). The van der Waals surface area contributed by atoms with Crippen molar-refractivity contribution < 1.29 is 4.79 Å². The van der Waals surface area contributed by atoms with Gasteiger partial charge in [0.2, 0.25) is 0 Å². The van der Waals surface area contributed by atoms with Gasteiger partial charge in [0.25, 0.3) is 5.91 Å². The monoisotopic (exact) mass is 307 g/mol. The lowest BCUT2D eigenvalue weighted by Gasteiger charge is -2.06. The molecule has 6 heteroatoms. The highest BCUT2D eigenvalue weighted by molar-refractivity contribution is 7.13. The number of carbonyl (C=O) groups excluding carboxylic acids is 1. The van der Waals surface area contributed by atoms with Crippen molar-refractivity contribution in [3.8, 4) is 0 Å². The van der Waals surface area contributed by atoms with Crippen LogP contribution in [0, 0.1) is 6.92 Å². The second-order valence-electron chi connectivity index (χ2n) is 4.07. The van der Waals surface area contributed by atoms with Crippen LogP contribution in [0.2, 0.25) is 5.02 Å². The zero-order valence-corrected chi connectivity index (χ0v) is 12.5. The number of para-hydroxylation sites is 1. The van der Waals surface area contributed by atoms with Gasteiger partial charge >= 0.3 is 0 Å². The summed E-state index contributed by atoms with van der Waals surface area (Å²) in [5.41, 5.74) is 3.19. The summed E-state index contributed by atoms with van der Waals surface area (Å²) in [4.78, 5) is 13.8. The molecular weight excluding hydrogens is 294 g/mol. The first kappa shape index (κ1) is 14.6. The number of nitrogens with zero attached hydrogens (tertiary/aromatic N) is 1. The summed E-state index contributed by atoms with van der Waals surface area (Å²) >= 11 is 7.59. The first-order chi connectivity index (χ1) is 9.65. The highest BCUT2D eigenvalue weighted by Crippen LogP contribution is 2.19. The van der Waals surface area contributed by atoms with Crippen LogP contribution < -0.4 is 10.7 Å². The summed E-state index contributed by atoms with van der Waals surface area (Å²) in [5.74, 6) is -0.227. The number of amides is 1. The van der Waals surface area contributed by atoms with Gasteiger partial charge in [-0.15, -0.1) is 11.3 Å². The minimum atomic E-state index is -0.227. The number of benzene rings is 1. The van der Waals surface area contributed by atoms with Crippen molar-refractivity contribution in [2.45, 2.75) is 6.92 Å². The molecule has 2 aromatic rings. The van der Waals surface area contributed by atoms with Gasteiger partial charge in [0.1, 0.15) is 0 Å². The van der Waals surface area contributed by atoms with Crippen LogP contribution in [0.3, 0.4) is 0 Å². The Morgan fingerprint density at radius 1 is 1.35 bits per heavy atom. The molecule has 0 spiro atoms. The molecular formula is C14H14ClN3OS. The van der Waals surface area contributed by atoms with E-state index < -0.39 is 0 Å². The molecule has 1 aromatic carbocycles. The highest BCUT2D eigenvalue weighted by Gasteiger charge is 2.02. The quantitative estimate of drug-likeness (QED) is 0.658. The molecule has 0 bridgehead atoms. The average Bonchev–Trinajstić information content (AvgIpc) is 2.83. The Balaban J connectivity index is 1.78. The topological polar surface area (TPSA) is 53.5 Å². The van der Waals surface area contributed by atoms with Gasteiger partial charge in [-0.05, 0) is 31.2 Å². The smallest absolute Gasteiger partial charge is 0.259 e. The lowest BCUT2D eigenvalue weighted by molar-refractivity contribution is -0.119. The van der Waals surface area contributed by atoms with Crippen LogP contribution in [0.25, 0.3) is 0 Å². The Hall–Kier alpha value is -1.85. The number of thiophene rings is 1. The molecule has 0 saturated heterocycles. The molecule has 0 aliphatic rings. The van der Waals surface area contributed by atoms with E-state index in [1.54, 1.807) is 23.6 Å². The van der Waals surface area contributed by atoms with E-state index in [-0.39, 0.29) is 12.5 Å². The molecule has 0 saturated carbocycles.